The zero-order valence-electron chi connectivity index (χ0n) is 15.2. The molecule has 0 aliphatic carbocycles. The van der Waals surface area contributed by atoms with Crippen molar-refractivity contribution in [1.29, 1.82) is 0 Å². The normalized spacial score (nSPS) is 16.8. The number of ether oxygens (including phenoxy) is 2. The van der Waals surface area contributed by atoms with Crippen molar-refractivity contribution in [1.82, 2.24) is 4.57 Å². The maximum atomic E-state index is 12.5. The van der Waals surface area contributed by atoms with E-state index in [1.54, 1.807) is 0 Å². The van der Waals surface area contributed by atoms with Gasteiger partial charge in [-0.05, 0) is 63.9 Å². The Bertz CT molecular complexity index is 728. The number of nitrogens with one attached hydrogen (secondary N) is 1. The Kier molecular flexibility index (Phi) is 5.43. The van der Waals surface area contributed by atoms with Crippen molar-refractivity contribution in [2.24, 2.45) is 0 Å². The standard InChI is InChI=1S/C20H26N2O3/c1-4-22-14(2)12-19(15(22)3)20(23)21-16-7-9-17(10-8-16)25-13-18-6-5-11-24-18/h7-10,12,18H,4-6,11,13H2,1-3H3,(H,21,23)/t18-/m0/s1. The van der Waals surface area contributed by atoms with E-state index in [0.717, 1.165) is 54.4 Å². The maximum absolute atomic E-state index is 12.5. The molecule has 1 aromatic heterocycles. The van der Waals surface area contributed by atoms with Gasteiger partial charge in [0.1, 0.15) is 12.4 Å². The number of hydrogen-bond acceptors (Lipinski definition) is 3. The first-order valence-corrected chi connectivity index (χ1v) is 8.91. The van der Waals surface area contributed by atoms with Gasteiger partial charge in [0.2, 0.25) is 0 Å². The highest BCUT2D eigenvalue weighted by Crippen LogP contribution is 2.20. The van der Waals surface area contributed by atoms with Gasteiger partial charge in [0, 0.05) is 30.2 Å². The molecule has 1 aliphatic rings. The molecule has 0 spiro atoms. The summed E-state index contributed by atoms with van der Waals surface area (Å²) in [7, 11) is 0. The van der Waals surface area contributed by atoms with Gasteiger partial charge in [0.25, 0.3) is 5.91 Å². The van der Waals surface area contributed by atoms with E-state index in [0.29, 0.717) is 6.61 Å². The lowest BCUT2D eigenvalue weighted by molar-refractivity contribution is 0.0679. The van der Waals surface area contributed by atoms with Gasteiger partial charge in [-0.3, -0.25) is 4.79 Å². The highest BCUT2D eigenvalue weighted by molar-refractivity contribution is 6.05. The molecule has 1 aliphatic heterocycles. The number of carbonyl (C=O) groups excluding carboxylic acids is 1. The summed E-state index contributed by atoms with van der Waals surface area (Å²) >= 11 is 0. The number of amides is 1. The summed E-state index contributed by atoms with van der Waals surface area (Å²) < 4.78 is 13.4. The number of benzene rings is 1. The van der Waals surface area contributed by atoms with Crippen LogP contribution in [0.2, 0.25) is 0 Å². The fourth-order valence-corrected chi connectivity index (χ4v) is 3.32. The van der Waals surface area contributed by atoms with Crippen LogP contribution in [0.25, 0.3) is 0 Å². The van der Waals surface area contributed by atoms with Gasteiger partial charge in [-0.2, -0.15) is 0 Å². The first-order valence-electron chi connectivity index (χ1n) is 8.91. The molecule has 0 saturated carbocycles. The lowest BCUT2D eigenvalue weighted by atomic mass is 10.2. The number of anilines is 1. The van der Waals surface area contributed by atoms with E-state index in [2.05, 4.69) is 16.8 Å². The maximum Gasteiger partial charge on any atom is 0.257 e. The van der Waals surface area contributed by atoms with E-state index in [4.69, 9.17) is 9.47 Å². The minimum atomic E-state index is -0.0826. The van der Waals surface area contributed by atoms with Gasteiger partial charge < -0.3 is 19.4 Å². The van der Waals surface area contributed by atoms with Crippen LogP contribution in [0.3, 0.4) is 0 Å². The Morgan fingerprint density at radius 2 is 2.08 bits per heavy atom. The second-order valence-corrected chi connectivity index (χ2v) is 6.45. The van der Waals surface area contributed by atoms with E-state index < -0.39 is 0 Å². The molecule has 134 valence electrons. The van der Waals surface area contributed by atoms with Gasteiger partial charge in [-0.25, -0.2) is 0 Å². The molecule has 0 radical (unpaired) electrons. The molecule has 0 bridgehead atoms. The number of carbonyl (C=O) groups is 1. The van der Waals surface area contributed by atoms with Crippen LogP contribution in [0, 0.1) is 13.8 Å². The van der Waals surface area contributed by atoms with Crippen LogP contribution in [-0.4, -0.2) is 29.8 Å². The third-order valence-electron chi connectivity index (χ3n) is 4.71. The first-order chi connectivity index (χ1) is 12.1. The number of aryl methyl sites for hydroxylation is 1. The molecule has 1 saturated heterocycles. The predicted molar refractivity (Wildman–Crippen MR) is 98.4 cm³/mol. The van der Waals surface area contributed by atoms with Gasteiger partial charge in [-0.1, -0.05) is 0 Å². The van der Waals surface area contributed by atoms with Crippen LogP contribution < -0.4 is 10.1 Å². The van der Waals surface area contributed by atoms with Crippen LogP contribution in [-0.2, 0) is 11.3 Å². The SMILES string of the molecule is CCn1c(C)cc(C(=O)Nc2ccc(OC[C@@H]3CCCO3)cc2)c1C. The van der Waals surface area contributed by atoms with Crippen molar-refractivity contribution in [3.8, 4) is 5.75 Å². The van der Waals surface area contributed by atoms with E-state index in [9.17, 15) is 4.79 Å². The third-order valence-corrected chi connectivity index (χ3v) is 4.71. The smallest absolute Gasteiger partial charge is 0.257 e. The van der Waals surface area contributed by atoms with E-state index in [1.165, 1.54) is 0 Å². The number of hydrogen-bond donors (Lipinski definition) is 1. The summed E-state index contributed by atoms with van der Waals surface area (Å²) in [6.07, 6.45) is 2.37. The molecule has 1 atom stereocenters. The number of nitrogens with zero attached hydrogens (tertiary/aromatic N) is 1. The van der Waals surface area contributed by atoms with Crippen LogP contribution in [0.5, 0.6) is 5.75 Å². The highest BCUT2D eigenvalue weighted by Gasteiger charge is 2.17. The molecule has 1 amide bonds. The number of aromatic nitrogens is 1. The van der Waals surface area contributed by atoms with Gasteiger partial charge >= 0.3 is 0 Å². The van der Waals surface area contributed by atoms with Crippen molar-refractivity contribution in [3.63, 3.8) is 0 Å². The molecule has 2 aromatic rings. The molecule has 3 rings (SSSR count). The molecule has 5 heteroatoms. The van der Waals surface area contributed by atoms with Gasteiger partial charge in [-0.15, -0.1) is 0 Å². The minimum absolute atomic E-state index is 0.0826. The summed E-state index contributed by atoms with van der Waals surface area (Å²) in [6, 6.07) is 9.41. The molecule has 5 nitrogen and oxygen atoms in total. The molecule has 25 heavy (non-hydrogen) atoms. The average Bonchev–Trinajstić information content (AvgIpc) is 3.22. The second-order valence-electron chi connectivity index (χ2n) is 6.45. The second kappa shape index (κ2) is 7.74. The molecular weight excluding hydrogens is 316 g/mol. The average molecular weight is 342 g/mol. The molecule has 1 fully saturated rings. The fraction of sp³-hybridized carbons (Fsp3) is 0.450. The van der Waals surface area contributed by atoms with Crippen molar-refractivity contribution < 1.29 is 14.3 Å². The minimum Gasteiger partial charge on any atom is -0.491 e. The van der Waals surface area contributed by atoms with Crippen LogP contribution >= 0.6 is 0 Å². The summed E-state index contributed by atoms with van der Waals surface area (Å²) in [5.74, 6) is 0.707. The number of rotatable bonds is 6. The lowest BCUT2D eigenvalue weighted by Gasteiger charge is -2.12. The van der Waals surface area contributed by atoms with E-state index in [1.807, 2.05) is 44.2 Å². The molecular formula is C20H26N2O3. The zero-order chi connectivity index (χ0) is 17.8. The molecule has 0 unspecified atom stereocenters. The van der Waals surface area contributed by atoms with Gasteiger partial charge in [0.05, 0.1) is 11.7 Å². The molecule has 1 N–H and O–H groups in total. The van der Waals surface area contributed by atoms with Crippen molar-refractivity contribution >= 4 is 11.6 Å². The largest absolute Gasteiger partial charge is 0.491 e. The Morgan fingerprint density at radius 1 is 1.32 bits per heavy atom. The Balaban J connectivity index is 1.60. The lowest BCUT2D eigenvalue weighted by Crippen LogP contribution is -2.16. The summed E-state index contributed by atoms with van der Waals surface area (Å²) in [5.41, 5.74) is 3.57. The first kappa shape index (κ1) is 17.5. The van der Waals surface area contributed by atoms with Crippen molar-refractivity contribution in [2.75, 3.05) is 18.5 Å². The predicted octanol–water partition coefficient (Wildman–Crippen LogP) is 3.93. The third kappa shape index (κ3) is 4.04. The summed E-state index contributed by atoms with van der Waals surface area (Å²) in [6.45, 7) is 8.35. The summed E-state index contributed by atoms with van der Waals surface area (Å²) in [4.78, 5) is 12.5. The van der Waals surface area contributed by atoms with Crippen molar-refractivity contribution in [3.05, 3.63) is 47.3 Å². The summed E-state index contributed by atoms with van der Waals surface area (Å²) in [5, 5.41) is 2.96. The van der Waals surface area contributed by atoms with Crippen LogP contribution in [0.4, 0.5) is 5.69 Å². The quantitative estimate of drug-likeness (QED) is 0.865. The Labute approximate surface area is 148 Å². The molecule has 2 heterocycles. The Morgan fingerprint density at radius 3 is 2.68 bits per heavy atom. The van der Waals surface area contributed by atoms with E-state index >= 15 is 0 Å². The van der Waals surface area contributed by atoms with Crippen LogP contribution in [0.15, 0.2) is 30.3 Å². The Hall–Kier alpha value is -2.27. The van der Waals surface area contributed by atoms with Gasteiger partial charge in [0.15, 0.2) is 0 Å². The highest BCUT2D eigenvalue weighted by atomic mass is 16.5. The topological polar surface area (TPSA) is 52.5 Å². The zero-order valence-corrected chi connectivity index (χ0v) is 15.2. The monoisotopic (exact) mass is 342 g/mol. The molecule has 1 aromatic carbocycles. The van der Waals surface area contributed by atoms with E-state index in [-0.39, 0.29) is 12.0 Å². The fourth-order valence-electron chi connectivity index (χ4n) is 3.32. The van der Waals surface area contributed by atoms with Crippen LogP contribution in [0.1, 0.15) is 41.5 Å². The van der Waals surface area contributed by atoms with Crippen molar-refractivity contribution in [2.45, 2.75) is 46.3 Å².